The molecule has 0 amide bonds. The Morgan fingerprint density at radius 3 is 2.44 bits per heavy atom. The molecule has 0 saturated heterocycles. The molecule has 2 atom stereocenters. The van der Waals surface area contributed by atoms with Gasteiger partial charge in [0.2, 0.25) is 0 Å². The molecule has 0 aliphatic carbocycles. The van der Waals surface area contributed by atoms with Gasteiger partial charge in [0.15, 0.2) is 0 Å². The number of esters is 1. The van der Waals surface area contributed by atoms with Crippen LogP contribution in [0.25, 0.3) is 0 Å². The first-order chi connectivity index (χ1) is 7.49. The summed E-state index contributed by atoms with van der Waals surface area (Å²) in [7, 11) is 0. The van der Waals surface area contributed by atoms with E-state index in [9.17, 15) is 9.59 Å². The average Bonchev–Trinajstić information content (AvgIpc) is 2.23. The summed E-state index contributed by atoms with van der Waals surface area (Å²) in [5.41, 5.74) is 5.31. The summed E-state index contributed by atoms with van der Waals surface area (Å²) in [5, 5.41) is 8.60. The number of hydrogen-bond donors (Lipinski definition) is 2. The first-order valence-corrected chi connectivity index (χ1v) is 5.67. The van der Waals surface area contributed by atoms with Crippen molar-refractivity contribution in [2.24, 2.45) is 5.73 Å². The molecule has 0 heterocycles. The van der Waals surface area contributed by atoms with E-state index >= 15 is 0 Å². The Hall–Kier alpha value is -1.10. The summed E-state index contributed by atoms with van der Waals surface area (Å²) in [5.74, 6) is -1.54. The van der Waals surface area contributed by atoms with Crippen LogP contribution in [0.5, 0.6) is 0 Å². The van der Waals surface area contributed by atoms with Crippen LogP contribution in [0.2, 0.25) is 0 Å². The fourth-order valence-corrected chi connectivity index (χ4v) is 1.24. The van der Waals surface area contributed by atoms with Crippen LogP contribution in [0, 0.1) is 0 Å². The second kappa shape index (κ2) is 8.10. The maximum Gasteiger partial charge on any atom is 0.324 e. The average molecular weight is 231 g/mol. The zero-order valence-corrected chi connectivity index (χ0v) is 9.94. The van der Waals surface area contributed by atoms with Crippen molar-refractivity contribution in [1.29, 1.82) is 0 Å². The van der Waals surface area contributed by atoms with Gasteiger partial charge in [-0.05, 0) is 13.3 Å². The van der Waals surface area contributed by atoms with E-state index in [4.69, 9.17) is 15.6 Å². The predicted molar refractivity (Wildman–Crippen MR) is 59.9 cm³/mol. The Balaban J connectivity index is 3.74. The first-order valence-electron chi connectivity index (χ1n) is 5.67. The van der Waals surface area contributed by atoms with Crippen LogP contribution in [0.1, 0.15) is 46.0 Å². The minimum atomic E-state index is -1.16. The lowest BCUT2D eigenvalue weighted by Crippen LogP contribution is -2.42. The number of hydrogen-bond acceptors (Lipinski definition) is 4. The van der Waals surface area contributed by atoms with Crippen LogP contribution in [0.15, 0.2) is 0 Å². The lowest BCUT2D eigenvalue weighted by Gasteiger charge is -2.16. The molecule has 0 aliphatic rings. The van der Waals surface area contributed by atoms with Gasteiger partial charge in [-0.3, -0.25) is 9.59 Å². The fraction of sp³-hybridized carbons (Fsp3) is 0.818. The molecule has 0 aliphatic heterocycles. The summed E-state index contributed by atoms with van der Waals surface area (Å²) < 4.78 is 4.91. The van der Waals surface area contributed by atoms with E-state index in [2.05, 4.69) is 6.92 Å². The maximum absolute atomic E-state index is 11.3. The third-order valence-electron chi connectivity index (χ3n) is 2.34. The van der Waals surface area contributed by atoms with Crippen LogP contribution in [-0.2, 0) is 14.3 Å². The second-order valence-corrected chi connectivity index (χ2v) is 3.87. The summed E-state index contributed by atoms with van der Waals surface area (Å²) in [6, 6.07) is -1.15. The SMILES string of the molecule is CCCCCCC(=O)OC(C)C(N)C(=O)O. The summed E-state index contributed by atoms with van der Waals surface area (Å²) in [6.07, 6.45) is 3.52. The second-order valence-electron chi connectivity index (χ2n) is 3.87. The van der Waals surface area contributed by atoms with Gasteiger partial charge in [-0.25, -0.2) is 0 Å². The molecule has 94 valence electrons. The van der Waals surface area contributed by atoms with Gasteiger partial charge in [0.25, 0.3) is 0 Å². The van der Waals surface area contributed by atoms with Crippen molar-refractivity contribution in [3.63, 3.8) is 0 Å². The van der Waals surface area contributed by atoms with Crippen molar-refractivity contribution in [3.05, 3.63) is 0 Å². The van der Waals surface area contributed by atoms with E-state index in [1.165, 1.54) is 6.92 Å². The number of ether oxygens (including phenoxy) is 1. The van der Waals surface area contributed by atoms with Gasteiger partial charge in [-0.15, -0.1) is 0 Å². The highest BCUT2D eigenvalue weighted by Crippen LogP contribution is 2.06. The topological polar surface area (TPSA) is 89.6 Å². The van der Waals surface area contributed by atoms with Crippen molar-refractivity contribution in [2.75, 3.05) is 0 Å². The summed E-state index contributed by atoms with van der Waals surface area (Å²) >= 11 is 0. The minimum absolute atomic E-state index is 0.330. The van der Waals surface area contributed by atoms with E-state index in [-0.39, 0.29) is 5.97 Å². The van der Waals surface area contributed by atoms with Crippen LogP contribution in [-0.4, -0.2) is 29.2 Å². The van der Waals surface area contributed by atoms with E-state index in [1.54, 1.807) is 0 Å². The first kappa shape index (κ1) is 14.9. The zero-order valence-electron chi connectivity index (χ0n) is 9.94. The largest absolute Gasteiger partial charge is 0.480 e. The number of unbranched alkanes of at least 4 members (excludes halogenated alkanes) is 3. The number of carbonyl (C=O) groups excluding carboxylic acids is 1. The number of carboxylic acids is 1. The zero-order chi connectivity index (χ0) is 12.6. The molecule has 0 saturated carbocycles. The van der Waals surface area contributed by atoms with Crippen molar-refractivity contribution in [1.82, 2.24) is 0 Å². The van der Waals surface area contributed by atoms with Crippen molar-refractivity contribution in [3.8, 4) is 0 Å². The Labute approximate surface area is 96.0 Å². The molecule has 16 heavy (non-hydrogen) atoms. The van der Waals surface area contributed by atoms with Crippen molar-refractivity contribution < 1.29 is 19.4 Å². The summed E-state index contributed by atoms with van der Waals surface area (Å²) in [4.78, 5) is 21.8. The summed E-state index contributed by atoms with van der Waals surface area (Å²) in [6.45, 7) is 3.58. The van der Waals surface area contributed by atoms with Crippen molar-refractivity contribution >= 4 is 11.9 Å². The van der Waals surface area contributed by atoms with E-state index in [0.717, 1.165) is 25.7 Å². The van der Waals surface area contributed by atoms with Gasteiger partial charge >= 0.3 is 11.9 Å². The molecule has 0 aromatic rings. The third-order valence-corrected chi connectivity index (χ3v) is 2.34. The molecule has 0 radical (unpaired) electrons. The maximum atomic E-state index is 11.3. The van der Waals surface area contributed by atoms with E-state index < -0.39 is 18.1 Å². The molecular weight excluding hydrogens is 210 g/mol. The molecule has 0 aromatic carbocycles. The predicted octanol–water partition coefficient (Wildman–Crippen LogP) is 1.30. The molecule has 2 unspecified atom stereocenters. The van der Waals surface area contributed by atoms with Gasteiger partial charge in [-0.2, -0.15) is 0 Å². The molecular formula is C11H21NO4. The number of aliphatic carboxylic acids is 1. The Kier molecular flexibility index (Phi) is 7.54. The minimum Gasteiger partial charge on any atom is -0.480 e. The standard InChI is InChI=1S/C11H21NO4/c1-3-4-5-6-7-9(13)16-8(2)10(12)11(14)15/h8,10H,3-7,12H2,1-2H3,(H,14,15). The van der Waals surface area contributed by atoms with Crippen LogP contribution in [0.3, 0.4) is 0 Å². The Morgan fingerprint density at radius 1 is 1.31 bits per heavy atom. The number of nitrogens with two attached hydrogens (primary N) is 1. The lowest BCUT2D eigenvalue weighted by atomic mass is 10.1. The number of rotatable bonds is 8. The van der Waals surface area contributed by atoms with Crippen molar-refractivity contribution in [2.45, 2.75) is 58.1 Å². The van der Waals surface area contributed by atoms with Gasteiger partial charge < -0.3 is 15.6 Å². The highest BCUT2D eigenvalue weighted by molar-refractivity contribution is 5.75. The highest BCUT2D eigenvalue weighted by atomic mass is 16.5. The molecule has 0 spiro atoms. The molecule has 5 heteroatoms. The molecule has 5 nitrogen and oxygen atoms in total. The normalized spacial score (nSPS) is 14.2. The quantitative estimate of drug-likeness (QED) is 0.485. The molecule has 3 N–H and O–H groups in total. The Bertz CT molecular complexity index is 230. The molecule has 0 aromatic heterocycles. The molecule has 0 rings (SSSR count). The van der Waals surface area contributed by atoms with Gasteiger partial charge in [-0.1, -0.05) is 26.2 Å². The van der Waals surface area contributed by atoms with Gasteiger partial charge in [0, 0.05) is 6.42 Å². The number of carbonyl (C=O) groups is 2. The molecule has 0 fully saturated rings. The molecule has 0 bridgehead atoms. The van der Waals surface area contributed by atoms with Crippen LogP contribution >= 0.6 is 0 Å². The smallest absolute Gasteiger partial charge is 0.324 e. The number of carboxylic acid groups (broad SMARTS) is 1. The van der Waals surface area contributed by atoms with Crippen LogP contribution in [0.4, 0.5) is 0 Å². The van der Waals surface area contributed by atoms with Gasteiger partial charge in [0.05, 0.1) is 0 Å². The monoisotopic (exact) mass is 231 g/mol. The fourth-order valence-electron chi connectivity index (χ4n) is 1.24. The van der Waals surface area contributed by atoms with Crippen LogP contribution < -0.4 is 5.73 Å². The van der Waals surface area contributed by atoms with E-state index in [1.807, 2.05) is 0 Å². The lowest BCUT2D eigenvalue weighted by molar-refractivity contribution is -0.153. The Morgan fingerprint density at radius 2 is 1.94 bits per heavy atom. The van der Waals surface area contributed by atoms with Gasteiger partial charge in [0.1, 0.15) is 12.1 Å². The third kappa shape index (κ3) is 6.40. The van der Waals surface area contributed by atoms with E-state index in [0.29, 0.717) is 6.42 Å². The highest BCUT2D eigenvalue weighted by Gasteiger charge is 2.23.